The van der Waals surface area contributed by atoms with Gasteiger partial charge in [-0.15, -0.1) is 0 Å². The van der Waals surface area contributed by atoms with Crippen LogP contribution in [0.15, 0.2) is 24.5 Å². The molecule has 0 bridgehead atoms. The topological polar surface area (TPSA) is 39.2 Å². The van der Waals surface area contributed by atoms with E-state index >= 15 is 0 Å². The lowest BCUT2D eigenvalue weighted by molar-refractivity contribution is 0.167. The molecule has 0 atom stereocenters. The zero-order chi connectivity index (χ0) is 8.10. The summed E-state index contributed by atoms with van der Waals surface area (Å²) in [5.74, 6) is 0. The van der Waals surface area contributed by atoms with Gasteiger partial charge in [0.1, 0.15) is 6.61 Å². The third-order valence-corrected chi connectivity index (χ3v) is 1.21. The molecule has 0 aliphatic rings. The number of nitrogens with zero attached hydrogens (tertiary/aromatic N) is 1. The summed E-state index contributed by atoms with van der Waals surface area (Å²) in [6, 6.07) is 3.50. The minimum atomic E-state index is -0.790. The number of ether oxygens (including phenoxy) is 1. The fourth-order valence-electron chi connectivity index (χ4n) is 0.619. The van der Waals surface area contributed by atoms with Gasteiger partial charge in [-0.2, -0.15) is 0 Å². The highest BCUT2D eigenvalue weighted by atomic mass is 35.5. The van der Waals surface area contributed by atoms with E-state index < -0.39 is 5.43 Å². The number of carbonyl (C=O) groups excluding carboxylic acids is 1. The van der Waals surface area contributed by atoms with Gasteiger partial charge >= 0.3 is 5.43 Å². The molecule has 1 rings (SSSR count). The van der Waals surface area contributed by atoms with Gasteiger partial charge in [0.2, 0.25) is 0 Å². The first-order valence-corrected chi connectivity index (χ1v) is 3.38. The van der Waals surface area contributed by atoms with E-state index in [9.17, 15) is 4.79 Å². The molecule has 0 N–H and O–H groups in total. The number of aromatic nitrogens is 1. The van der Waals surface area contributed by atoms with Gasteiger partial charge in [-0.25, -0.2) is 4.79 Å². The molecular weight excluding hydrogens is 166 g/mol. The summed E-state index contributed by atoms with van der Waals surface area (Å²) in [6.07, 6.45) is 3.24. The summed E-state index contributed by atoms with van der Waals surface area (Å²) in [4.78, 5) is 13.9. The molecule has 4 heteroatoms. The highest BCUT2D eigenvalue weighted by Crippen LogP contribution is 2.00. The Bertz CT molecular complexity index is 237. The molecule has 0 spiro atoms. The Morgan fingerprint density at radius 3 is 2.73 bits per heavy atom. The van der Waals surface area contributed by atoms with E-state index in [1.807, 2.05) is 0 Å². The fraction of sp³-hybridized carbons (Fsp3) is 0.143. The minimum Gasteiger partial charge on any atom is -0.449 e. The smallest absolute Gasteiger partial charge is 0.404 e. The molecule has 0 saturated heterocycles. The quantitative estimate of drug-likeness (QED) is 0.639. The fourth-order valence-corrected chi connectivity index (χ4v) is 0.674. The monoisotopic (exact) mass is 171 g/mol. The van der Waals surface area contributed by atoms with Crippen LogP contribution in [0.25, 0.3) is 0 Å². The summed E-state index contributed by atoms with van der Waals surface area (Å²) in [6.45, 7) is 0.199. The number of carbonyl (C=O) groups is 1. The molecule has 0 amide bonds. The van der Waals surface area contributed by atoms with Crippen LogP contribution in [0.2, 0.25) is 0 Å². The molecule has 11 heavy (non-hydrogen) atoms. The second kappa shape index (κ2) is 3.93. The van der Waals surface area contributed by atoms with E-state index in [0.29, 0.717) is 0 Å². The van der Waals surface area contributed by atoms with Crippen molar-refractivity contribution in [3.63, 3.8) is 0 Å². The molecule has 1 heterocycles. The average Bonchev–Trinajstić information content (AvgIpc) is 2.03. The van der Waals surface area contributed by atoms with Gasteiger partial charge < -0.3 is 4.74 Å². The first-order chi connectivity index (χ1) is 5.29. The van der Waals surface area contributed by atoms with Crippen LogP contribution in [0.5, 0.6) is 0 Å². The molecule has 1 aromatic heterocycles. The molecule has 58 valence electrons. The predicted octanol–water partition coefficient (Wildman–Crippen LogP) is 1.96. The molecular formula is C7H6ClNO2. The van der Waals surface area contributed by atoms with E-state index in [0.717, 1.165) is 5.56 Å². The summed E-state index contributed by atoms with van der Waals surface area (Å²) >= 11 is 4.95. The molecule has 0 radical (unpaired) electrons. The SMILES string of the molecule is O=C(Cl)OCc1ccncc1. The summed E-state index contributed by atoms with van der Waals surface area (Å²) in [5.41, 5.74) is 0.0795. The third-order valence-electron chi connectivity index (χ3n) is 1.10. The van der Waals surface area contributed by atoms with Crippen LogP contribution >= 0.6 is 11.6 Å². The lowest BCUT2D eigenvalue weighted by Gasteiger charge is -1.98. The van der Waals surface area contributed by atoms with Crippen LogP contribution in [0, 0.1) is 0 Å². The second-order valence-corrected chi connectivity index (χ2v) is 2.19. The predicted molar refractivity (Wildman–Crippen MR) is 40.3 cm³/mol. The number of rotatable bonds is 2. The Morgan fingerprint density at radius 2 is 2.18 bits per heavy atom. The van der Waals surface area contributed by atoms with E-state index in [1.165, 1.54) is 0 Å². The minimum absolute atomic E-state index is 0.199. The molecule has 0 aliphatic carbocycles. The van der Waals surface area contributed by atoms with Crippen molar-refractivity contribution in [2.75, 3.05) is 0 Å². The van der Waals surface area contributed by atoms with Crippen LogP contribution in [-0.2, 0) is 11.3 Å². The number of hydrogen-bond acceptors (Lipinski definition) is 3. The van der Waals surface area contributed by atoms with E-state index in [2.05, 4.69) is 9.72 Å². The maximum Gasteiger partial charge on any atom is 0.404 e. The van der Waals surface area contributed by atoms with Crippen molar-refractivity contribution in [1.82, 2.24) is 4.98 Å². The largest absolute Gasteiger partial charge is 0.449 e. The van der Waals surface area contributed by atoms with Gasteiger partial charge in [-0.05, 0) is 17.7 Å². The second-order valence-electron chi connectivity index (χ2n) is 1.88. The van der Waals surface area contributed by atoms with Crippen molar-refractivity contribution >= 4 is 17.0 Å². The van der Waals surface area contributed by atoms with Crippen molar-refractivity contribution < 1.29 is 9.53 Å². The van der Waals surface area contributed by atoms with Gasteiger partial charge in [0.15, 0.2) is 0 Å². The lowest BCUT2D eigenvalue weighted by Crippen LogP contribution is -1.94. The number of hydrogen-bond donors (Lipinski definition) is 0. The first kappa shape index (κ1) is 8.01. The molecule has 1 aromatic rings. The van der Waals surface area contributed by atoms with E-state index in [4.69, 9.17) is 11.6 Å². The Hall–Kier alpha value is -1.09. The standard InChI is InChI=1S/C7H6ClNO2/c8-7(10)11-5-6-1-3-9-4-2-6/h1-4H,5H2. The Morgan fingerprint density at radius 1 is 1.55 bits per heavy atom. The highest BCUT2D eigenvalue weighted by molar-refractivity contribution is 6.61. The van der Waals surface area contributed by atoms with Crippen LogP contribution in [-0.4, -0.2) is 10.4 Å². The molecule has 0 saturated carbocycles. The molecule has 3 nitrogen and oxygen atoms in total. The van der Waals surface area contributed by atoms with Gasteiger partial charge in [0, 0.05) is 24.0 Å². The summed E-state index contributed by atoms with van der Waals surface area (Å²) in [7, 11) is 0. The first-order valence-electron chi connectivity index (χ1n) is 3.00. The van der Waals surface area contributed by atoms with Gasteiger partial charge in [0.25, 0.3) is 0 Å². The summed E-state index contributed by atoms with van der Waals surface area (Å²) in [5, 5.41) is 0. The van der Waals surface area contributed by atoms with Crippen molar-refractivity contribution in [3.05, 3.63) is 30.1 Å². The van der Waals surface area contributed by atoms with Crippen LogP contribution in [0.4, 0.5) is 4.79 Å². The van der Waals surface area contributed by atoms with Crippen LogP contribution in [0.3, 0.4) is 0 Å². The molecule has 0 aromatic carbocycles. The highest BCUT2D eigenvalue weighted by Gasteiger charge is 1.95. The van der Waals surface area contributed by atoms with E-state index in [-0.39, 0.29) is 6.61 Å². The molecule has 0 unspecified atom stereocenters. The zero-order valence-corrected chi connectivity index (χ0v) is 6.41. The zero-order valence-electron chi connectivity index (χ0n) is 5.66. The lowest BCUT2D eigenvalue weighted by atomic mass is 10.3. The third kappa shape index (κ3) is 3.00. The molecule has 0 fully saturated rings. The average molecular weight is 172 g/mol. The number of halogens is 1. The van der Waals surface area contributed by atoms with E-state index in [1.54, 1.807) is 24.5 Å². The van der Waals surface area contributed by atoms with Crippen molar-refractivity contribution in [1.29, 1.82) is 0 Å². The van der Waals surface area contributed by atoms with Crippen molar-refractivity contribution in [2.45, 2.75) is 6.61 Å². The Balaban J connectivity index is 2.45. The maximum absolute atomic E-state index is 10.1. The Kier molecular flexibility index (Phi) is 2.86. The van der Waals surface area contributed by atoms with Crippen molar-refractivity contribution in [3.8, 4) is 0 Å². The normalized spacial score (nSPS) is 9.18. The van der Waals surface area contributed by atoms with Gasteiger partial charge in [-0.3, -0.25) is 4.98 Å². The number of pyridine rings is 1. The van der Waals surface area contributed by atoms with Crippen molar-refractivity contribution in [2.24, 2.45) is 0 Å². The van der Waals surface area contributed by atoms with Gasteiger partial charge in [0.05, 0.1) is 0 Å². The van der Waals surface area contributed by atoms with Crippen LogP contribution in [0.1, 0.15) is 5.56 Å². The van der Waals surface area contributed by atoms with Crippen LogP contribution < -0.4 is 0 Å². The maximum atomic E-state index is 10.1. The summed E-state index contributed by atoms with van der Waals surface area (Å²) < 4.78 is 4.53. The Labute approximate surface area is 69.0 Å². The van der Waals surface area contributed by atoms with Gasteiger partial charge in [-0.1, -0.05) is 0 Å². The molecule has 0 aliphatic heterocycles.